The van der Waals surface area contributed by atoms with Crippen molar-refractivity contribution in [2.75, 3.05) is 15.6 Å². The third-order valence-corrected chi connectivity index (χ3v) is 7.08. The molecule has 1 aromatic heterocycles. The van der Waals surface area contributed by atoms with Gasteiger partial charge in [0.2, 0.25) is 10.4 Å². The molecule has 1 aliphatic carbocycles. The molecular weight excluding hydrogens is 492 g/mol. The molecule has 0 saturated heterocycles. The highest BCUT2D eigenvalue weighted by Crippen LogP contribution is 2.33. The molecule has 5 rings (SSSR count). The number of hydrogen-bond acceptors (Lipinski definition) is 5. The van der Waals surface area contributed by atoms with E-state index in [2.05, 4.69) is 49.8 Å². The summed E-state index contributed by atoms with van der Waals surface area (Å²) in [6, 6.07) is 21.3. The number of urea groups is 1. The molecule has 0 bridgehead atoms. The van der Waals surface area contributed by atoms with E-state index < -0.39 is 0 Å². The molecule has 1 heterocycles. The Morgan fingerprint density at radius 2 is 1.64 bits per heavy atom. The number of nitrogens with one attached hydrogen (secondary N) is 3. The topological polar surface area (TPSA) is 120 Å². The molecule has 3 N–H and O–H groups in total. The monoisotopic (exact) mass is 525 g/mol. The third-order valence-electron chi connectivity index (χ3n) is 7.08. The molecule has 1 aliphatic rings. The van der Waals surface area contributed by atoms with Crippen LogP contribution in [0.15, 0.2) is 66.7 Å². The molecule has 3 aromatic carbocycles. The summed E-state index contributed by atoms with van der Waals surface area (Å²) < 4.78 is 0. The van der Waals surface area contributed by atoms with E-state index in [1.807, 2.05) is 50.2 Å². The van der Waals surface area contributed by atoms with E-state index in [1.165, 1.54) is 37.7 Å². The van der Waals surface area contributed by atoms with Crippen LogP contribution >= 0.6 is 0 Å². The van der Waals surface area contributed by atoms with Crippen molar-refractivity contribution in [1.82, 2.24) is 20.9 Å². The second kappa shape index (κ2) is 11.8. The summed E-state index contributed by atoms with van der Waals surface area (Å²) in [5, 5.41) is 15.9. The summed E-state index contributed by atoms with van der Waals surface area (Å²) >= 11 is 0. The van der Waals surface area contributed by atoms with Gasteiger partial charge in [0, 0.05) is 21.8 Å². The molecule has 10 nitrogen and oxygen atoms in total. The first-order chi connectivity index (χ1) is 18.9. The van der Waals surface area contributed by atoms with Crippen LogP contribution in [-0.2, 0) is 6.54 Å². The number of amides is 3. The Morgan fingerprint density at radius 1 is 0.949 bits per heavy atom. The number of hydrogen-bond donors (Lipinski definition) is 3. The quantitative estimate of drug-likeness (QED) is 0.300. The lowest BCUT2D eigenvalue weighted by atomic mass is 9.84. The summed E-state index contributed by atoms with van der Waals surface area (Å²) in [4.78, 5) is 28.8. The predicted molar refractivity (Wildman–Crippen MR) is 148 cm³/mol. The lowest BCUT2D eigenvalue weighted by Crippen LogP contribution is -2.52. The van der Waals surface area contributed by atoms with Crippen molar-refractivity contribution in [1.29, 1.82) is 0 Å². The van der Waals surface area contributed by atoms with Gasteiger partial charge in [-0.25, -0.2) is 4.79 Å². The number of H-pyrrole nitrogens is 1. The van der Waals surface area contributed by atoms with Crippen LogP contribution in [-0.4, -0.2) is 32.8 Å². The Kier molecular flexibility index (Phi) is 7.91. The highest BCUT2D eigenvalue weighted by molar-refractivity contribution is 6.02. The number of rotatable bonds is 7. The van der Waals surface area contributed by atoms with Gasteiger partial charge in [0.25, 0.3) is 5.91 Å². The van der Waals surface area contributed by atoms with E-state index in [9.17, 15) is 9.59 Å². The Balaban J connectivity index is 1.36. The third kappa shape index (κ3) is 6.64. The van der Waals surface area contributed by atoms with Crippen LogP contribution in [0.4, 0.5) is 16.2 Å². The minimum absolute atomic E-state index is 0.221. The maximum absolute atomic E-state index is 13.6. The van der Waals surface area contributed by atoms with Gasteiger partial charge in [0.15, 0.2) is 5.21 Å². The minimum Gasteiger partial charge on any atom is -0.308 e. The average molecular weight is 526 g/mol. The molecule has 1 saturated carbocycles. The van der Waals surface area contributed by atoms with Gasteiger partial charge in [-0.3, -0.25) is 9.69 Å². The van der Waals surface area contributed by atoms with Crippen LogP contribution in [0.5, 0.6) is 0 Å². The molecule has 0 spiro atoms. The number of aromatic amines is 1. The van der Waals surface area contributed by atoms with Crippen LogP contribution in [0, 0.1) is 13.8 Å². The van der Waals surface area contributed by atoms with E-state index in [1.54, 1.807) is 17.0 Å². The van der Waals surface area contributed by atoms with E-state index in [-0.39, 0.29) is 11.9 Å². The number of carbonyl (C=O) groups excluding carboxylic acids is 2. The maximum Gasteiger partial charge on any atom is 0.326 e. The van der Waals surface area contributed by atoms with Crippen molar-refractivity contribution in [3.8, 4) is 0 Å². The molecule has 200 valence electrons. The summed E-state index contributed by atoms with van der Waals surface area (Å²) in [5.41, 5.74) is 8.92. The fourth-order valence-corrected chi connectivity index (χ4v) is 5.18. The fraction of sp³-hybridized carbons (Fsp3) is 0.310. The zero-order valence-electron chi connectivity index (χ0n) is 22.2. The molecule has 0 aliphatic heterocycles. The van der Waals surface area contributed by atoms with Crippen molar-refractivity contribution < 1.29 is 14.5 Å². The highest BCUT2D eigenvalue weighted by Gasteiger charge is 2.20. The largest absolute Gasteiger partial charge is 0.326 e. The van der Waals surface area contributed by atoms with Crippen molar-refractivity contribution >= 4 is 23.3 Å². The smallest absolute Gasteiger partial charge is 0.308 e. The zero-order chi connectivity index (χ0) is 27.2. The molecular formula is C29H33N8O2+. The van der Waals surface area contributed by atoms with E-state index in [0.717, 1.165) is 33.0 Å². The number of benzene rings is 3. The predicted octanol–water partition coefficient (Wildman–Crippen LogP) is 4.77. The highest BCUT2D eigenvalue weighted by atomic mass is 16.2. The minimum atomic E-state index is -0.368. The molecule has 39 heavy (non-hydrogen) atoms. The normalized spacial score (nSPS) is 13.6. The van der Waals surface area contributed by atoms with Gasteiger partial charge in [-0.2, -0.15) is 5.43 Å². The summed E-state index contributed by atoms with van der Waals surface area (Å²) in [5.74, 6) is 0.225. The fourth-order valence-electron chi connectivity index (χ4n) is 5.18. The Labute approximate surface area is 227 Å². The van der Waals surface area contributed by atoms with E-state index >= 15 is 0 Å². The van der Waals surface area contributed by atoms with Crippen LogP contribution < -0.4 is 20.5 Å². The Bertz CT molecular complexity index is 1390. The standard InChI is InChI=1S/C29H32N8O2/c1-20-16-21(2)18-26(17-20)30-29(39)36(27-14-12-24(13-15-27)23-6-4-3-5-7-23)19-22-8-10-25(11-9-22)28(38)31-37-34-32-33-35-37/h8-18,23H,3-7,19H2,1-2H3,(H2,30,31,38,39)/p+1. The van der Waals surface area contributed by atoms with Crippen molar-refractivity contribution in [3.63, 3.8) is 0 Å². The first-order valence-electron chi connectivity index (χ1n) is 13.3. The number of aryl methyl sites for hydroxylation is 2. The second-order valence-corrected chi connectivity index (χ2v) is 10.1. The van der Waals surface area contributed by atoms with Crippen molar-refractivity contribution in [2.45, 2.75) is 58.4 Å². The Morgan fingerprint density at radius 3 is 2.28 bits per heavy atom. The first kappa shape index (κ1) is 26.0. The zero-order valence-corrected chi connectivity index (χ0v) is 22.2. The van der Waals surface area contributed by atoms with Crippen LogP contribution in [0.3, 0.4) is 0 Å². The van der Waals surface area contributed by atoms with Crippen LogP contribution in [0.2, 0.25) is 0 Å². The molecule has 4 aromatic rings. The van der Waals surface area contributed by atoms with Crippen LogP contribution in [0.1, 0.15) is 70.6 Å². The van der Waals surface area contributed by atoms with Gasteiger partial charge in [-0.05, 0) is 96.5 Å². The number of aromatic nitrogens is 5. The molecule has 10 heteroatoms. The molecule has 0 atom stereocenters. The lowest BCUT2D eigenvalue weighted by molar-refractivity contribution is -0.759. The molecule has 3 amide bonds. The average Bonchev–Trinajstić information content (AvgIpc) is 3.45. The SMILES string of the molecule is Cc1cc(C)cc(NC(=O)N(Cc2ccc(C(=O)N[n+]3nnn[nH]3)cc2)c2ccc(C3CCCCC3)cc2)c1. The van der Waals surface area contributed by atoms with Gasteiger partial charge in [0.05, 0.1) is 6.54 Å². The summed E-state index contributed by atoms with van der Waals surface area (Å²) in [7, 11) is 0. The lowest BCUT2D eigenvalue weighted by Gasteiger charge is -2.26. The van der Waals surface area contributed by atoms with Gasteiger partial charge >= 0.3 is 6.03 Å². The number of carbonyl (C=O) groups is 2. The van der Waals surface area contributed by atoms with E-state index in [0.29, 0.717) is 18.0 Å². The van der Waals surface area contributed by atoms with Crippen molar-refractivity contribution in [3.05, 3.63) is 94.5 Å². The number of nitrogens with zero attached hydrogens (tertiary/aromatic N) is 5. The first-order valence-corrected chi connectivity index (χ1v) is 13.3. The number of anilines is 2. The molecule has 1 fully saturated rings. The Hall–Kier alpha value is -4.60. The van der Waals surface area contributed by atoms with Crippen molar-refractivity contribution in [2.24, 2.45) is 0 Å². The van der Waals surface area contributed by atoms with Gasteiger partial charge in [-0.1, -0.05) is 49.6 Å². The van der Waals surface area contributed by atoms with Gasteiger partial charge in [0.1, 0.15) is 0 Å². The van der Waals surface area contributed by atoms with E-state index in [4.69, 9.17) is 0 Å². The molecule has 0 unspecified atom stereocenters. The molecule has 0 radical (unpaired) electrons. The summed E-state index contributed by atoms with van der Waals surface area (Å²) in [6.45, 7) is 4.36. The van der Waals surface area contributed by atoms with Crippen LogP contribution in [0.25, 0.3) is 0 Å². The second-order valence-electron chi connectivity index (χ2n) is 10.1. The van der Waals surface area contributed by atoms with Gasteiger partial charge < -0.3 is 5.32 Å². The summed E-state index contributed by atoms with van der Waals surface area (Å²) in [6.07, 6.45) is 6.32. The maximum atomic E-state index is 13.6. The van der Waals surface area contributed by atoms with Gasteiger partial charge in [-0.15, -0.1) is 0 Å².